The lowest BCUT2D eigenvalue weighted by Crippen LogP contribution is -2.00. The third kappa shape index (κ3) is 6.08. The van der Waals surface area contributed by atoms with Crippen LogP contribution in [0.3, 0.4) is 0 Å². The van der Waals surface area contributed by atoms with Gasteiger partial charge in [-0.1, -0.05) is 19.8 Å². The number of hydrogen-bond acceptors (Lipinski definition) is 2. The van der Waals surface area contributed by atoms with E-state index < -0.39 is 0 Å². The zero-order valence-electron chi connectivity index (χ0n) is 7.66. The summed E-state index contributed by atoms with van der Waals surface area (Å²) in [7, 11) is 0. The molecule has 0 bridgehead atoms. The molecule has 0 aromatic carbocycles. The average molecular weight is 169 g/mol. The Morgan fingerprint density at radius 3 is 2.42 bits per heavy atom. The molecule has 0 aromatic heterocycles. The molecule has 0 N–H and O–H groups in total. The Morgan fingerprint density at radius 1 is 1.17 bits per heavy atom. The van der Waals surface area contributed by atoms with E-state index in [1.807, 2.05) is 13.3 Å². The highest BCUT2D eigenvalue weighted by Gasteiger charge is 2.02. The van der Waals surface area contributed by atoms with E-state index in [2.05, 4.69) is 0 Å². The Balaban J connectivity index is 3.17. The Kier molecular flexibility index (Phi) is 7.97. The highest BCUT2D eigenvalue weighted by Crippen LogP contribution is 2.10. The second-order valence-electron chi connectivity index (χ2n) is 2.94. The Bertz CT molecular complexity index is 121. The molecule has 2 heteroatoms. The molecule has 2 nitrogen and oxygen atoms in total. The Labute approximate surface area is 74.3 Å². The highest BCUT2D eigenvalue weighted by molar-refractivity contribution is 5.55. The van der Waals surface area contributed by atoms with Crippen LogP contribution in [0.1, 0.15) is 39.0 Å². The van der Waals surface area contributed by atoms with Crippen LogP contribution in [0.25, 0.3) is 0 Å². The minimum atomic E-state index is 0.112. The van der Waals surface area contributed by atoms with E-state index in [1.54, 1.807) is 0 Å². The molecule has 0 rings (SSSR count). The molecule has 0 amide bonds. The minimum Gasteiger partial charge on any atom is -0.303 e. The smallest absolute Gasteiger partial charge is 0.123 e. The summed E-state index contributed by atoms with van der Waals surface area (Å²) in [6.45, 7) is 1.91. The lowest BCUT2D eigenvalue weighted by Gasteiger charge is -2.04. The SMILES string of the molecule is C[CH]C(C=O)CCCCCC=O. The van der Waals surface area contributed by atoms with E-state index in [-0.39, 0.29) is 5.92 Å². The molecule has 0 spiro atoms. The van der Waals surface area contributed by atoms with E-state index >= 15 is 0 Å². The predicted octanol–water partition coefficient (Wildman–Crippen LogP) is 2.18. The molecule has 1 radical (unpaired) electrons. The second kappa shape index (κ2) is 8.44. The largest absolute Gasteiger partial charge is 0.303 e. The molecule has 0 aliphatic rings. The van der Waals surface area contributed by atoms with Crippen molar-refractivity contribution < 1.29 is 9.59 Å². The Hall–Kier alpha value is -0.660. The van der Waals surface area contributed by atoms with Crippen LogP contribution in [0.4, 0.5) is 0 Å². The molecule has 0 aliphatic carbocycles. The first-order chi connectivity index (χ1) is 5.85. The summed E-state index contributed by atoms with van der Waals surface area (Å²) in [6.07, 6.45) is 8.49. The first-order valence-corrected chi connectivity index (χ1v) is 4.53. The van der Waals surface area contributed by atoms with Crippen molar-refractivity contribution in [2.24, 2.45) is 5.92 Å². The molecule has 0 saturated carbocycles. The van der Waals surface area contributed by atoms with E-state index in [4.69, 9.17) is 0 Å². The molecule has 0 aliphatic heterocycles. The normalized spacial score (nSPS) is 12.4. The third-order valence-electron chi connectivity index (χ3n) is 1.96. The molecular weight excluding hydrogens is 152 g/mol. The zero-order valence-corrected chi connectivity index (χ0v) is 7.66. The van der Waals surface area contributed by atoms with E-state index in [1.165, 1.54) is 0 Å². The quantitative estimate of drug-likeness (QED) is 0.412. The van der Waals surface area contributed by atoms with E-state index in [0.29, 0.717) is 6.42 Å². The van der Waals surface area contributed by atoms with Gasteiger partial charge in [-0.25, -0.2) is 0 Å². The number of carbonyl (C=O) groups excluding carboxylic acids is 2. The zero-order chi connectivity index (χ0) is 9.23. The van der Waals surface area contributed by atoms with Gasteiger partial charge in [0.05, 0.1) is 0 Å². The van der Waals surface area contributed by atoms with Crippen molar-refractivity contribution in [1.29, 1.82) is 0 Å². The van der Waals surface area contributed by atoms with Crippen molar-refractivity contribution in [2.75, 3.05) is 0 Å². The summed E-state index contributed by atoms with van der Waals surface area (Å²) >= 11 is 0. The lowest BCUT2D eigenvalue weighted by atomic mass is 10.00. The van der Waals surface area contributed by atoms with Crippen molar-refractivity contribution in [2.45, 2.75) is 39.0 Å². The summed E-state index contributed by atoms with van der Waals surface area (Å²) in [5.74, 6) is 0.112. The fraction of sp³-hybridized carbons (Fsp3) is 0.700. The third-order valence-corrected chi connectivity index (χ3v) is 1.96. The molecular formula is C10H17O2. The van der Waals surface area contributed by atoms with Crippen molar-refractivity contribution in [1.82, 2.24) is 0 Å². The van der Waals surface area contributed by atoms with Crippen LogP contribution in [0.15, 0.2) is 0 Å². The maximum atomic E-state index is 10.4. The summed E-state index contributed by atoms with van der Waals surface area (Å²) in [5, 5.41) is 0. The van der Waals surface area contributed by atoms with Gasteiger partial charge >= 0.3 is 0 Å². The molecule has 1 atom stereocenters. The molecule has 1 unspecified atom stereocenters. The van der Waals surface area contributed by atoms with Crippen LogP contribution >= 0.6 is 0 Å². The minimum absolute atomic E-state index is 0.112. The molecule has 0 saturated heterocycles. The molecule has 0 fully saturated rings. The van der Waals surface area contributed by atoms with Crippen LogP contribution in [-0.2, 0) is 9.59 Å². The van der Waals surface area contributed by atoms with Gasteiger partial charge < -0.3 is 9.59 Å². The number of aldehydes is 2. The molecule has 69 valence electrons. The molecule has 0 aromatic rings. The summed E-state index contributed by atoms with van der Waals surface area (Å²) in [6, 6.07) is 0. The maximum absolute atomic E-state index is 10.4. The Morgan fingerprint density at radius 2 is 1.92 bits per heavy atom. The van der Waals surface area contributed by atoms with Crippen LogP contribution in [0.5, 0.6) is 0 Å². The van der Waals surface area contributed by atoms with Gasteiger partial charge in [0, 0.05) is 12.3 Å². The first-order valence-electron chi connectivity index (χ1n) is 4.53. The van der Waals surface area contributed by atoms with Gasteiger partial charge in [0.1, 0.15) is 12.6 Å². The van der Waals surface area contributed by atoms with Gasteiger partial charge in [0.15, 0.2) is 0 Å². The van der Waals surface area contributed by atoms with Crippen LogP contribution in [0.2, 0.25) is 0 Å². The topological polar surface area (TPSA) is 34.1 Å². The van der Waals surface area contributed by atoms with Gasteiger partial charge in [0.25, 0.3) is 0 Å². The van der Waals surface area contributed by atoms with Gasteiger partial charge in [0.2, 0.25) is 0 Å². The van der Waals surface area contributed by atoms with Crippen LogP contribution in [-0.4, -0.2) is 12.6 Å². The van der Waals surface area contributed by atoms with E-state index in [0.717, 1.165) is 38.3 Å². The van der Waals surface area contributed by atoms with Crippen LogP contribution < -0.4 is 0 Å². The van der Waals surface area contributed by atoms with Gasteiger partial charge in [-0.15, -0.1) is 0 Å². The van der Waals surface area contributed by atoms with Crippen molar-refractivity contribution in [3.8, 4) is 0 Å². The van der Waals surface area contributed by atoms with E-state index in [9.17, 15) is 9.59 Å². The lowest BCUT2D eigenvalue weighted by molar-refractivity contribution is -0.110. The number of rotatable bonds is 8. The first kappa shape index (κ1) is 11.3. The number of carbonyl (C=O) groups is 2. The molecule has 12 heavy (non-hydrogen) atoms. The summed E-state index contributed by atoms with van der Waals surface area (Å²) in [4.78, 5) is 20.3. The fourth-order valence-corrected chi connectivity index (χ4v) is 1.10. The van der Waals surface area contributed by atoms with Gasteiger partial charge in [-0.3, -0.25) is 0 Å². The van der Waals surface area contributed by atoms with Crippen molar-refractivity contribution in [3.63, 3.8) is 0 Å². The highest BCUT2D eigenvalue weighted by atomic mass is 16.1. The second-order valence-corrected chi connectivity index (χ2v) is 2.94. The summed E-state index contributed by atoms with van der Waals surface area (Å²) in [5.41, 5.74) is 0. The monoisotopic (exact) mass is 169 g/mol. The van der Waals surface area contributed by atoms with Gasteiger partial charge in [-0.2, -0.15) is 0 Å². The molecule has 0 heterocycles. The van der Waals surface area contributed by atoms with Crippen molar-refractivity contribution >= 4 is 12.6 Å². The predicted molar refractivity (Wildman–Crippen MR) is 48.7 cm³/mol. The standard InChI is InChI=1S/C10H17O2/c1-2-10(9-12)7-5-3-4-6-8-11/h2,8-10H,3-7H2,1H3. The summed E-state index contributed by atoms with van der Waals surface area (Å²) < 4.78 is 0. The van der Waals surface area contributed by atoms with Gasteiger partial charge in [-0.05, 0) is 19.3 Å². The number of unbranched alkanes of at least 4 members (excludes halogenated alkanes) is 3. The maximum Gasteiger partial charge on any atom is 0.123 e. The van der Waals surface area contributed by atoms with Crippen LogP contribution in [0, 0.1) is 12.3 Å². The fourth-order valence-electron chi connectivity index (χ4n) is 1.10. The van der Waals surface area contributed by atoms with Crippen molar-refractivity contribution in [3.05, 3.63) is 6.42 Å². The number of hydrogen-bond donors (Lipinski definition) is 0. The average Bonchev–Trinajstić information content (AvgIpc) is 2.11.